The van der Waals surface area contributed by atoms with Crippen LogP contribution in [0.25, 0.3) is 0 Å². The summed E-state index contributed by atoms with van der Waals surface area (Å²) in [4.78, 5) is 16.8. The van der Waals surface area contributed by atoms with E-state index in [1.165, 1.54) is 18.4 Å². The summed E-state index contributed by atoms with van der Waals surface area (Å²) in [6.07, 6.45) is 6.49. The molecule has 6 heteroatoms. The fourth-order valence-electron chi connectivity index (χ4n) is 3.37. The minimum Gasteiger partial charge on any atom is -0.334 e. The van der Waals surface area contributed by atoms with Gasteiger partial charge in [0.1, 0.15) is 0 Å². The van der Waals surface area contributed by atoms with Gasteiger partial charge in [0.2, 0.25) is 0 Å². The van der Waals surface area contributed by atoms with Gasteiger partial charge in [0.15, 0.2) is 0 Å². The Morgan fingerprint density at radius 2 is 1.84 bits per heavy atom. The predicted molar refractivity (Wildman–Crippen MR) is 96.2 cm³/mol. The molecule has 2 amide bonds. The molecule has 1 saturated heterocycles. The predicted octanol–water partition coefficient (Wildman–Crippen LogP) is 1.92. The van der Waals surface area contributed by atoms with E-state index in [0.29, 0.717) is 6.54 Å². The number of amides is 2. The lowest BCUT2D eigenvalue weighted by atomic mass is 10.2. The molecule has 0 spiro atoms. The van der Waals surface area contributed by atoms with Crippen LogP contribution in [0.2, 0.25) is 0 Å². The van der Waals surface area contributed by atoms with Gasteiger partial charge < -0.3 is 10.2 Å². The van der Waals surface area contributed by atoms with Crippen LogP contribution >= 0.6 is 0 Å². The summed E-state index contributed by atoms with van der Waals surface area (Å²) < 4.78 is 1.91. The molecule has 1 aliphatic carbocycles. The number of benzene rings is 1. The van der Waals surface area contributed by atoms with E-state index in [1.807, 2.05) is 40.2 Å². The summed E-state index contributed by atoms with van der Waals surface area (Å²) in [6.45, 7) is 4.94. The van der Waals surface area contributed by atoms with Gasteiger partial charge in [-0.1, -0.05) is 30.3 Å². The molecule has 1 aliphatic heterocycles. The van der Waals surface area contributed by atoms with Crippen molar-refractivity contribution in [3.63, 3.8) is 0 Å². The molecule has 1 aromatic carbocycles. The number of carbonyl (C=O) groups excluding carboxylic acids is 1. The third-order valence-electron chi connectivity index (χ3n) is 4.98. The van der Waals surface area contributed by atoms with Crippen LogP contribution in [0.5, 0.6) is 0 Å². The molecule has 132 valence electrons. The SMILES string of the molecule is O=C(NCc1cnn(Cc2ccccc2)c1)N1CCN(C2CC2)CC1. The van der Waals surface area contributed by atoms with Crippen LogP contribution in [-0.4, -0.2) is 57.8 Å². The van der Waals surface area contributed by atoms with Crippen molar-refractivity contribution in [1.29, 1.82) is 0 Å². The monoisotopic (exact) mass is 339 g/mol. The van der Waals surface area contributed by atoms with E-state index in [2.05, 4.69) is 27.4 Å². The van der Waals surface area contributed by atoms with E-state index in [4.69, 9.17) is 0 Å². The van der Waals surface area contributed by atoms with Crippen molar-refractivity contribution in [1.82, 2.24) is 24.9 Å². The lowest BCUT2D eigenvalue weighted by Crippen LogP contribution is -2.52. The average Bonchev–Trinajstić information content (AvgIpc) is 3.41. The molecule has 0 atom stereocenters. The Balaban J connectivity index is 1.23. The summed E-state index contributed by atoms with van der Waals surface area (Å²) >= 11 is 0. The number of carbonyl (C=O) groups is 1. The highest BCUT2D eigenvalue weighted by molar-refractivity contribution is 5.74. The highest BCUT2D eigenvalue weighted by Crippen LogP contribution is 2.27. The standard InChI is InChI=1S/C19H25N5O/c25-19(23-10-8-22(9-11-23)18-6-7-18)20-12-17-13-21-24(15-17)14-16-4-2-1-3-5-16/h1-5,13,15,18H,6-12,14H2,(H,20,25). The number of nitrogens with zero attached hydrogens (tertiary/aromatic N) is 4. The van der Waals surface area contributed by atoms with Crippen LogP contribution in [0.4, 0.5) is 4.79 Å². The van der Waals surface area contributed by atoms with Crippen LogP contribution in [-0.2, 0) is 13.1 Å². The summed E-state index contributed by atoms with van der Waals surface area (Å²) in [5.41, 5.74) is 2.25. The molecule has 6 nitrogen and oxygen atoms in total. The largest absolute Gasteiger partial charge is 0.334 e. The fraction of sp³-hybridized carbons (Fsp3) is 0.474. The van der Waals surface area contributed by atoms with Crippen LogP contribution in [0.15, 0.2) is 42.7 Å². The smallest absolute Gasteiger partial charge is 0.317 e. The normalized spacial score (nSPS) is 18.3. The zero-order valence-corrected chi connectivity index (χ0v) is 14.5. The van der Waals surface area contributed by atoms with E-state index >= 15 is 0 Å². The topological polar surface area (TPSA) is 53.4 Å². The number of nitrogens with one attached hydrogen (secondary N) is 1. The van der Waals surface area contributed by atoms with Gasteiger partial charge in [-0.2, -0.15) is 5.10 Å². The molecule has 2 fully saturated rings. The first-order valence-electron chi connectivity index (χ1n) is 9.10. The molecule has 1 aromatic heterocycles. The van der Waals surface area contributed by atoms with Crippen molar-refractivity contribution in [2.75, 3.05) is 26.2 Å². The number of urea groups is 1. The third kappa shape index (κ3) is 4.20. The van der Waals surface area contributed by atoms with Crippen LogP contribution in [0.1, 0.15) is 24.0 Å². The van der Waals surface area contributed by atoms with Crippen molar-refractivity contribution in [3.8, 4) is 0 Å². The second-order valence-corrected chi connectivity index (χ2v) is 6.94. The molecule has 0 bridgehead atoms. The number of piperazine rings is 1. The van der Waals surface area contributed by atoms with Crippen molar-refractivity contribution < 1.29 is 4.79 Å². The van der Waals surface area contributed by atoms with Gasteiger partial charge in [0.05, 0.1) is 12.7 Å². The van der Waals surface area contributed by atoms with E-state index in [-0.39, 0.29) is 6.03 Å². The third-order valence-corrected chi connectivity index (χ3v) is 4.98. The Hall–Kier alpha value is -2.34. The Morgan fingerprint density at radius 1 is 1.08 bits per heavy atom. The first-order valence-corrected chi connectivity index (χ1v) is 9.10. The Kier molecular flexibility index (Phi) is 4.70. The first kappa shape index (κ1) is 16.1. The maximum Gasteiger partial charge on any atom is 0.317 e. The van der Waals surface area contributed by atoms with E-state index in [9.17, 15) is 4.79 Å². The lowest BCUT2D eigenvalue weighted by Gasteiger charge is -2.34. The number of hydrogen-bond acceptors (Lipinski definition) is 3. The lowest BCUT2D eigenvalue weighted by molar-refractivity contribution is 0.134. The molecular weight excluding hydrogens is 314 g/mol. The van der Waals surface area contributed by atoms with Crippen molar-refractivity contribution in [2.24, 2.45) is 0 Å². The Morgan fingerprint density at radius 3 is 2.56 bits per heavy atom. The van der Waals surface area contributed by atoms with Crippen LogP contribution in [0, 0.1) is 0 Å². The highest BCUT2D eigenvalue weighted by atomic mass is 16.2. The maximum absolute atomic E-state index is 12.3. The van der Waals surface area contributed by atoms with Crippen LogP contribution < -0.4 is 5.32 Å². The number of rotatable bonds is 5. The zero-order chi connectivity index (χ0) is 17.1. The molecule has 0 unspecified atom stereocenters. The van der Waals surface area contributed by atoms with Gasteiger partial charge in [-0.05, 0) is 18.4 Å². The molecule has 2 heterocycles. The first-order chi connectivity index (χ1) is 12.3. The van der Waals surface area contributed by atoms with Crippen molar-refractivity contribution >= 4 is 6.03 Å². The number of hydrogen-bond donors (Lipinski definition) is 1. The van der Waals surface area contributed by atoms with E-state index in [1.54, 1.807) is 0 Å². The molecular formula is C19H25N5O. The van der Waals surface area contributed by atoms with Crippen LogP contribution in [0.3, 0.4) is 0 Å². The summed E-state index contributed by atoms with van der Waals surface area (Å²) in [7, 11) is 0. The second-order valence-electron chi connectivity index (χ2n) is 6.94. The quantitative estimate of drug-likeness (QED) is 0.905. The average molecular weight is 339 g/mol. The molecule has 1 saturated carbocycles. The summed E-state index contributed by atoms with van der Waals surface area (Å²) in [5, 5.41) is 7.40. The minimum absolute atomic E-state index is 0.0336. The maximum atomic E-state index is 12.3. The number of aromatic nitrogens is 2. The fourth-order valence-corrected chi connectivity index (χ4v) is 3.37. The Bertz CT molecular complexity index is 702. The second kappa shape index (κ2) is 7.27. The highest BCUT2D eigenvalue weighted by Gasteiger charge is 2.32. The summed E-state index contributed by atoms with van der Waals surface area (Å²) in [5.74, 6) is 0. The molecule has 4 rings (SSSR count). The molecule has 2 aliphatic rings. The van der Waals surface area contributed by atoms with Gasteiger partial charge >= 0.3 is 6.03 Å². The Labute approximate surface area is 148 Å². The van der Waals surface area contributed by atoms with Crippen molar-refractivity contribution in [2.45, 2.75) is 32.0 Å². The van der Waals surface area contributed by atoms with E-state index < -0.39 is 0 Å². The minimum atomic E-state index is 0.0336. The molecule has 0 radical (unpaired) electrons. The molecule has 25 heavy (non-hydrogen) atoms. The summed E-state index contributed by atoms with van der Waals surface area (Å²) in [6, 6.07) is 11.1. The van der Waals surface area contributed by atoms with Gasteiger partial charge in [-0.25, -0.2) is 4.79 Å². The van der Waals surface area contributed by atoms with Gasteiger partial charge in [-0.3, -0.25) is 9.58 Å². The molecule has 2 aromatic rings. The van der Waals surface area contributed by atoms with E-state index in [0.717, 1.165) is 44.3 Å². The van der Waals surface area contributed by atoms with Gasteiger partial charge in [-0.15, -0.1) is 0 Å². The molecule has 1 N–H and O–H groups in total. The van der Waals surface area contributed by atoms with Gasteiger partial charge in [0, 0.05) is 50.5 Å². The van der Waals surface area contributed by atoms with Gasteiger partial charge in [0.25, 0.3) is 0 Å². The zero-order valence-electron chi connectivity index (χ0n) is 14.5. The van der Waals surface area contributed by atoms with Crippen molar-refractivity contribution in [3.05, 3.63) is 53.9 Å².